The van der Waals surface area contributed by atoms with Crippen LogP contribution in [0.1, 0.15) is 10.4 Å². The van der Waals surface area contributed by atoms with Crippen LogP contribution in [0.2, 0.25) is 0 Å². The summed E-state index contributed by atoms with van der Waals surface area (Å²) in [5, 5.41) is 9.84. The highest BCUT2D eigenvalue weighted by molar-refractivity contribution is 9.10. The van der Waals surface area contributed by atoms with E-state index in [9.17, 15) is 14.3 Å². The molecule has 0 aliphatic heterocycles. The number of benzene rings is 2. The Morgan fingerprint density at radius 2 is 2.00 bits per heavy atom. The molecule has 1 heterocycles. The lowest BCUT2D eigenvalue weighted by Crippen LogP contribution is -1.98. The number of fused-ring (bicyclic) bond motifs is 1. The fourth-order valence-corrected chi connectivity index (χ4v) is 2.43. The molecule has 5 heteroatoms. The molecule has 0 amide bonds. The van der Waals surface area contributed by atoms with E-state index in [-0.39, 0.29) is 11.1 Å². The molecule has 0 radical (unpaired) electrons. The van der Waals surface area contributed by atoms with Gasteiger partial charge in [-0.25, -0.2) is 9.18 Å². The molecule has 3 rings (SSSR count). The van der Waals surface area contributed by atoms with Crippen molar-refractivity contribution in [1.82, 2.24) is 0 Å². The van der Waals surface area contributed by atoms with Gasteiger partial charge in [0, 0.05) is 15.4 Å². The monoisotopic (exact) mass is 334 g/mol. The summed E-state index contributed by atoms with van der Waals surface area (Å²) in [6.07, 6.45) is 0. The quantitative estimate of drug-likeness (QED) is 0.738. The van der Waals surface area contributed by atoms with Crippen LogP contribution in [0.4, 0.5) is 4.39 Å². The molecule has 2 aromatic carbocycles. The first-order chi connectivity index (χ1) is 9.56. The van der Waals surface area contributed by atoms with Crippen LogP contribution in [-0.4, -0.2) is 11.1 Å². The van der Waals surface area contributed by atoms with Crippen molar-refractivity contribution in [2.45, 2.75) is 0 Å². The third kappa shape index (κ3) is 2.10. The summed E-state index contributed by atoms with van der Waals surface area (Å²) in [5.74, 6) is -1.21. The van der Waals surface area contributed by atoms with Gasteiger partial charge in [0.25, 0.3) is 0 Å². The van der Waals surface area contributed by atoms with E-state index in [4.69, 9.17) is 4.42 Å². The van der Waals surface area contributed by atoms with Crippen LogP contribution < -0.4 is 0 Å². The SMILES string of the molecule is O=C(O)c1cc(Br)ccc1-c1cc2cccc(F)c2o1. The molecule has 3 aromatic rings. The zero-order valence-electron chi connectivity index (χ0n) is 10.1. The van der Waals surface area contributed by atoms with E-state index in [1.165, 1.54) is 12.1 Å². The van der Waals surface area contributed by atoms with E-state index >= 15 is 0 Å². The predicted octanol–water partition coefficient (Wildman–Crippen LogP) is 4.70. The molecule has 20 heavy (non-hydrogen) atoms. The lowest BCUT2D eigenvalue weighted by atomic mass is 10.1. The Balaban J connectivity index is 2.25. The van der Waals surface area contributed by atoms with Crippen LogP contribution in [0.25, 0.3) is 22.3 Å². The van der Waals surface area contributed by atoms with Gasteiger partial charge >= 0.3 is 5.97 Å². The van der Waals surface area contributed by atoms with E-state index in [1.54, 1.807) is 30.3 Å². The number of aromatic carboxylic acids is 1. The number of para-hydroxylation sites is 1. The second-order valence-electron chi connectivity index (χ2n) is 4.26. The van der Waals surface area contributed by atoms with Crippen LogP contribution in [0.15, 0.2) is 51.4 Å². The summed E-state index contributed by atoms with van der Waals surface area (Å²) in [7, 11) is 0. The molecule has 0 saturated heterocycles. The minimum atomic E-state index is -1.07. The van der Waals surface area contributed by atoms with Gasteiger partial charge in [-0.05, 0) is 30.3 Å². The fraction of sp³-hybridized carbons (Fsp3) is 0. The zero-order valence-corrected chi connectivity index (χ0v) is 11.6. The molecular formula is C15H8BrFO3. The van der Waals surface area contributed by atoms with Gasteiger partial charge < -0.3 is 9.52 Å². The molecule has 0 bridgehead atoms. The lowest BCUT2D eigenvalue weighted by molar-refractivity contribution is 0.0697. The molecular weight excluding hydrogens is 327 g/mol. The van der Waals surface area contributed by atoms with Crippen molar-refractivity contribution in [2.24, 2.45) is 0 Å². The maximum atomic E-state index is 13.6. The average molecular weight is 335 g/mol. The third-order valence-electron chi connectivity index (χ3n) is 2.97. The molecule has 100 valence electrons. The van der Waals surface area contributed by atoms with Crippen molar-refractivity contribution < 1.29 is 18.7 Å². The predicted molar refractivity (Wildman–Crippen MR) is 76.3 cm³/mol. The smallest absolute Gasteiger partial charge is 0.336 e. The maximum Gasteiger partial charge on any atom is 0.336 e. The second kappa shape index (κ2) is 4.76. The largest absolute Gasteiger partial charge is 0.478 e. The number of carbonyl (C=O) groups is 1. The molecule has 0 saturated carbocycles. The van der Waals surface area contributed by atoms with Crippen molar-refractivity contribution >= 4 is 32.9 Å². The van der Waals surface area contributed by atoms with Gasteiger partial charge in [-0.1, -0.05) is 28.1 Å². The Morgan fingerprint density at radius 1 is 1.20 bits per heavy atom. The molecule has 0 aliphatic carbocycles. The van der Waals surface area contributed by atoms with Gasteiger partial charge in [-0.3, -0.25) is 0 Å². The molecule has 0 unspecified atom stereocenters. The van der Waals surface area contributed by atoms with Crippen LogP contribution in [0.5, 0.6) is 0 Å². The van der Waals surface area contributed by atoms with Gasteiger partial charge in [0.05, 0.1) is 5.56 Å². The van der Waals surface area contributed by atoms with E-state index in [1.807, 2.05) is 0 Å². The summed E-state index contributed by atoms with van der Waals surface area (Å²) >= 11 is 3.23. The summed E-state index contributed by atoms with van der Waals surface area (Å²) in [4.78, 5) is 11.3. The molecule has 1 N–H and O–H groups in total. The zero-order chi connectivity index (χ0) is 14.3. The van der Waals surface area contributed by atoms with Gasteiger partial charge in [-0.15, -0.1) is 0 Å². The highest BCUT2D eigenvalue weighted by Crippen LogP contribution is 2.32. The minimum Gasteiger partial charge on any atom is -0.478 e. The van der Waals surface area contributed by atoms with Crippen LogP contribution in [-0.2, 0) is 0 Å². The first-order valence-corrected chi connectivity index (χ1v) is 6.57. The van der Waals surface area contributed by atoms with E-state index in [0.29, 0.717) is 21.2 Å². The molecule has 1 aromatic heterocycles. The summed E-state index contributed by atoms with van der Waals surface area (Å²) in [5.41, 5.74) is 0.636. The Labute approximate surface area is 121 Å². The lowest BCUT2D eigenvalue weighted by Gasteiger charge is -2.03. The number of furan rings is 1. The van der Waals surface area contributed by atoms with E-state index < -0.39 is 11.8 Å². The highest BCUT2D eigenvalue weighted by Gasteiger charge is 2.16. The van der Waals surface area contributed by atoms with Crippen molar-refractivity contribution in [3.8, 4) is 11.3 Å². The van der Waals surface area contributed by atoms with Gasteiger partial charge in [0.2, 0.25) is 0 Å². The summed E-state index contributed by atoms with van der Waals surface area (Å²) < 4.78 is 19.7. The molecule has 3 nitrogen and oxygen atoms in total. The Kier molecular flexibility index (Phi) is 3.06. The van der Waals surface area contributed by atoms with Crippen molar-refractivity contribution in [2.75, 3.05) is 0 Å². The molecule has 0 atom stereocenters. The number of rotatable bonds is 2. The number of halogens is 2. The first kappa shape index (κ1) is 12.9. The number of carboxylic acids is 1. The van der Waals surface area contributed by atoms with Gasteiger partial charge in [0.15, 0.2) is 11.4 Å². The Hall–Kier alpha value is -2.14. The molecule has 0 fully saturated rings. The van der Waals surface area contributed by atoms with Gasteiger partial charge in [0.1, 0.15) is 5.76 Å². The normalized spacial score (nSPS) is 10.9. The topological polar surface area (TPSA) is 50.4 Å². The van der Waals surface area contributed by atoms with Crippen molar-refractivity contribution in [3.05, 3.63) is 58.3 Å². The number of hydrogen-bond acceptors (Lipinski definition) is 2. The standard InChI is InChI=1S/C15H8BrFO3/c16-9-4-5-10(11(7-9)15(18)19)13-6-8-2-1-3-12(17)14(8)20-13/h1-7H,(H,18,19). The maximum absolute atomic E-state index is 13.6. The van der Waals surface area contributed by atoms with Crippen molar-refractivity contribution in [1.29, 1.82) is 0 Å². The number of hydrogen-bond donors (Lipinski definition) is 1. The Bertz CT molecular complexity index is 823. The average Bonchev–Trinajstić information content (AvgIpc) is 2.84. The molecule has 0 aliphatic rings. The van der Waals surface area contributed by atoms with E-state index in [2.05, 4.69) is 15.9 Å². The highest BCUT2D eigenvalue weighted by atomic mass is 79.9. The summed E-state index contributed by atoms with van der Waals surface area (Å²) in [6.45, 7) is 0. The van der Waals surface area contributed by atoms with Gasteiger partial charge in [-0.2, -0.15) is 0 Å². The van der Waals surface area contributed by atoms with Crippen LogP contribution in [0, 0.1) is 5.82 Å². The first-order valence-electron chi connectivity index (χ1n) is 5.77. The van der Waals surface area contributed by atoms with Crippen molar-refractivity contribution in [3.63, 3.8) is 0 Å². The van der Waals surface area contributed by atoms with E-state index in [0.717, 1.165) is 0 Å². The van der Waals surface area contributed by atoms with Crippen LogP contribution >= 0.6 is 15.9 Å². The summed E-state index contributed by atoms with van der Waals surface area (Å²) in [6, 6.07) is 11.1. The minimum absolute atomic E-state index is 0.0961. The number of carboxylic acid groups (broad SMARTS) is 1. The Morgan fingerprint density at radius 3 is 2.70 bits per heavy atom. The second-order valence-corrected chi connectivity index (χ2v) is 5.18. The third-order valence-corrected chi connectivity index (χ3v) is 3.47. The van der Waals surface area contributed by atoms with Crippen LogP contribution in [0.3, 0.4) is 0 Å². The molecule has 0 spiro atoms. The fourth-order valence-electron chi connectivity index (χ4n) is 2.07.